The molecule has 0 heterocycles. The molecule has 214 valence electrons. The van der Waals surface area contributed by atoms with Gasteiger partial charge in [0.2, 0.25) is 0 Å². The number of halogens is 5. The van der Waals surface area contributed by atoms with Crippen LogP contribution < -0.4 is 14.4 Å². The van der Waals surface area contributed by atoms with E-state index in [9.17, 15) is 35.3 Å². The molecule has 0 aliphatic carbocycles. The molecule has 0 saturated heterocycles. The number of anilines is 3. The van der Waals surface area contributed by atoms with E-state index in [2.05, 4.69) is 5.32 Å². The van der Waals surface area contributed by atoms with Gasteiger partial charge < -0.3 is 10.1 Å². The molecule has 4 rings (SSSR count). The number of amides is 1. The van der Waals surface area contributed by atoms with Crippen molar-refractivity contribution in [3.63, 3.8) is 0 Å². The Morgan fingerprint density at radius 1 is 0.951 bits per heavy atom. The molecule has 4 aromatic carbocycles. The Morgan fingerprint density at radius 2 is 1.59 bits per heavy atom. The van der Waals surface area contributed by atoms with Crippen LogP contribution in [0.5, 0.6) is 5.75 Å². The minimum Gasteiger partial charge on any atom is -0.489 e. The van der Waals surface area contributed by atoms with Gasteiger partial charge in [-0.3, -0.25) is 9.35 Å². The Morgan fingerprint density at radius 3 is 2.17 bits per heavy atom. The van der Waals surface area contributed by atoms with Crippen molar-refractivity contribution in [1.29, 1.82) is 0 Å². The first-order chi connectivity index (χ1) is 19.3. The topological polar surface area (TPSA) is 95.9 Å². The average Bonchev–Trinajstić information content (AvgIpc) is 2.90. The fourth-order valence-corrected chi connectivity index (χ4v) is 5.16. The first-order valence-corrected chi connectivity index (χ1v) is 14.1. The van der Waals surface area contributed by atoms with Gasteiger partial charge in [-0.05, 0) is 96.2 Å². The predicted octanol–water partition coefficient (Wildman–Crippen LogP) is 7.86. The van der Waals surface area contributed by atoms with Crippen molar-refractivity contribution in [2.45, 2.75) is 17.0 Å². The van der Waals surface area contributed by atoms with E-state index in [-0.39, 0.29) is 50.9 Å². The quantitative estimate of drug-likeness (QED) is 0.112. The molecule has 0 atom stereocenters. The summed E-state index contributed by atoms with van der Waals surface area (Å²) in [6, 6.07) is 20.0. The molecule has 0 aromatic heterocycles. The lowest BCUT2D eigenvalue weighted by Crippen LogP contribution is -2.25. The van der Waals surface area contributed by atoms with E-state index >= 15 is 0 Å². The van der Waals surface area contributed by atoms with Gasteiger partial charge in [0.1, 0.15) is 18.2 Å². The number of nitrogens with one attached hydrogen (secondary N) is 1. The third kappa shape index (κ3) is 8.36. The normalized spacial score (nSPS) is 11.7. The molecular weight excluding hydrogens is 608 g/mol. The molecule has 0 radical (unpaired) electrons. The molecule has 7 nitrogen and oxygen atoms in total. The molecule has 0 unspecified atom stereocenters. The van der Waals surface area contributed by atoms with Crippen molar-refractivity contribution in [2.24, 2.45) is 0 Å². The van der Waals surface area contributed by atoms with E-state index in [4.69, 9.17) is 16.3 Å². The summed E-state index contributed by atoms with van der Waals surface area (Å²) in [5, 5.41) is 2.54. The standard InChI is InChI=1S/C27H19ClF4N2O5S2/c28-24-14-7-20(15-25(24)34(41(36,37)38)21-8-5-19(29)6-9-21)33-26(35)18-3-10-22(11-4-18)39-16-17-1-12-23(13-2-17)40-27(30,31)32/h1-15H,16H2,(H,33,35)(H,36,37,38). The van der Waals surface area contributed by atoms with E-state index in [0.29, 0.717) is 15.6 Å². The highest BCUT2D eigenvalue weighted by Gasteiger charge is 2.29. The van der Waals surface area contributed by atoms with E-state index in [1.54, 1.807) is 0 Å². The summed E-state index contributed by atoms with van der Waals surface area (Å²) < 4.78 is 91.0. The second-order valence-corrected chi connectivity index (χ2v) is 11.2. The Bertz CT molecular complexity index is 1630. The molecule has 2 N–H and O–H groups in total. The molecule has 0 bridgehead atoms. The molecule has 4 aromatic rings. The first-order valence-electron chi connectivity index (χ1n) is 11.5. The molecule has 14 heteroatoms. The number of carbonyl (C=O) groups is 1. The second-order valence-electron chi connectivity index (χ2n) is 8.34. The summed E-state index contributed by atoms with van der Waals surface area (Å²) in [7, 11) is -4.89. The Hall–Kier alpha value is -3.78. The fraction of sp³-hybridized carbons (Fsp3) is 0.0741. The van der Waals surface area contributed by atoms with Crippen molar-refractivity contribution < 1.29 is 40.1 Å². The Kier molecular flexibility index (Phi) is 9.12. The second kappa shape index (κ2) is 12.4. The third-order valence-electron chi connectivity index (χ3n) is 5.39. The largest absolute Gasteiger partial charge is 0.489 e. The maximum Gasteiger partial charge on any atom is 0.446 e. The molecule has 41 heavy (non-hydrogen) atoms. The zero-order valence-electron chi connectivity index (χ0n) is 20.6. The number of benzene rings is 4. The van der Waals surface area contributed by atoms with Crippen LogP contribution in [0.25, 0.3) is 0 Å². The molecule has 0 fully saturated rings. The highest BCUT2D eigenvalue weighted by molar-refractivity contribution is 8.00. The highest BCUT2D eigenvalue weighted by atomic mass is 35.5. The SMILES string of the molecule is O=C(Nc1ccc(Cl)c(N(c2ccc(F)cc2)S(=O)(=O)O)c1)c1ccc(OCc2ccc(SC(F)(F)F)cc2)cc1. The number of rotatable bonds is 9. The van der Waals surface area contributed by atoms with E-state index < -0.39 is 27.5 Å². The zero-order valence-corrected chi connectivity index (χ0v) is 23.0. The van der Waals surface area contributed by atoms with Crippen molar-refractivity contribution in [3.8, 4) is 5.75 Å². The van der Waals surface area contributed by atoms with Gasteiger partial charge >= 0.3 is 15.8 Å². The van der Waals surface area contributed by atoms with Crippen LogP contribution in [0.2, 0.25) is 5.02 Å². The summed E-state index contributed by atoms with van der Waals surface area (Å²) >= 11 is 5.99. The highest BCUT2D eigenvalue weighted by Crippen LogP contribution is 2.37. The predicted molar refractivity (Wildman–Crippen MR) is 149 cm³/mol. The Balaban J connectivity index is 1.43. The minimum absolute atomic E-state index is 0.0607. The maximum absolute atomic E-state index is 13.4. The van der Waals surface area contributed by atoms with Crippen molar-refractivity contribution >= 4 is 56.6 Å². The summed E-state index contributed by atoms with van der Waals surface area (Å²) in [6.45, 7) is 0.0916. The number of hydrogen-bond donors (Lipinski definition) is 2. The van der Waals surface area contributed by atoms with Gasteiger partial charge in [0.15, 0.2) is 0 Å². The molecule has 0 aliphatic rings. The fourth-order valence-electron chi connectivity index (χ4n) is 3.58. The lowest BCUT2D eigenvalue weighted by atomic mass is 10.2. The monoisotopic (exact) mass is 626 g/mol. The van der Waals surface area contributed by atoms with Crippen LogP contribution in [0.1, 0.15) is 15.9 Å². The van der Waals surface area contributed by atoms with Crippen molar-refractivity contribution in [3.05, 3.63) is 113 Å². The third-order valence-corrected chi connectivity index (χ3v) is 7.32. The number of carbonyl (C=O) groups excluding carboxylic acids is 1. The van der Waals surface area contributed by atoms with Crippen molar-refractivity contribution in [1.82, 2.24) is 0 Å². The number of alkyl halides is 3. The maximum atomic E-state index is 13.4. The van der Waals surface area contributed by atoms with Crippen LogP contribution in [0.4, 0.5) is 34.6 Å². The van der Waals surface area contributed by atoms with Gasteiger partial charge in [-0.1, -0.05) is 23.7 Å². The number of thioether (sulfide) groups is 1. The van der Waals surface area contributed by atoms with Crippen LogP contribution >= 0.6 is 23.4 Å². The van der Waals surface area contributed by atoms with Crippen molar-refractivity contribution in [2.75, 3.05) is 9.62 Å². The summed E-state index contributed by atoms with van der Waals surface area (Å²) in [5.41, 5.74) is -3.62. The van der Waals surface area contributed by atoms with Crippen LogP contribution in [-0.4, -0.2) is 24.4 Å². The smallest absolute Gasteiger partial charge is 0.446 e. The first kappa shape index (κ1) is 30.2. The van der Waals surface area contributed by atoms with Gasteiger partial charge in [-0.25, -0.2) is 8.70 Å². The molecule has 1 amide bonds. The number of hydrogen-bond acceptors (Lipinski definition) is 5. The van der Waals surface area contributed by atoms with Gasteiger partial charge in [-0.2, -0.15) is 21.6 Å². The lowest BCUT2D eigenvalue weighted by molar-refractivity contribution is -0.0328. The lowest BCUT2D eigenvalue weighted by Gasteiger charge is -2.22. The van der Waals surface area contributed by atoms with Gasteiger partial charge in [0, 0.05) is 16.1 Å². The molecule has 0 saturated carbocycles. The van der Waals surface area contributed by atoms with Gasteiger partial charge in [-0.15, -0.1) is 0 Å². The van der Waals surface area contributed by atoms with E-state index in [0.717, 1.165) is 24.3 Å². The molecule has 0 aliphatic heterocycles. The van der Waals surface area contributed by atoms with Crippen LogP contribution in [0, 0.1) is 5.82 Å². The molecular formula is C27H19ClF4N2O5S2. The average molecular weight is 627 g/mol. The molecule has 0 spiro atoms. The summed E-state index contributed by atoms with van der Waals surface area (Å²) in [6.07, 6.45) is 0. The van der Waals surface area contributed by atoms with Crippen LogP contribution in [0.3, 0.4) is 0 Å². The summed E-state index contributed by atoms with van der Waals surface area (Å²) in [4.78, 5) is 12.9. The Labute approximate surface area is 241 Å². The van der Waals surface area contributed by atoms with E-state index in [1.165, 1.54) is 66.7 Å². The van der Waals surface area contributed by atoms with Gasteiger partial charge in [0.25, 0.3) is 5.91 Å². The van der Waals surface area contributed by atoms with Gasteiger partial charge in [0.05, 0.1) is 16.4 Å². The number of nitrogens with zero attached hydrogens (tertiary/aromatic N) is 1. The van der Waals surface area contributed by atoms with Crippen LogP contribution in [0.15, 0.2) is 95.9 Å². The number of ether oxygens (including phenoxy) is 1. The zero-order chi connectivity index (χ0) is 29.8. The minimum atomic E-state index is -4.89. The van der Waals surface area contributed by atoms with E-state index in [1.807, 2.05) is 0 Å². The summed E-state index contributed by atoms with van der Waals surface area (Å²) in [5.74, 6) is -0.764. The van der Waals surface area contributed by atoms with Crippen LogP contribution in [-0.2, 0) is 16.9 Å².